The molecule has 0 saturated heterocycles. The highest BCUT2D eigenvalue weighted by molar-refractivity contribution is 9.10. The van der Waals surface area contributed by atoms with Gasteiger partial charge in [0.1, 0.15) is 0 Å². The number of carbonyl (C=O) groups is 1. The molecule has 1 fully saturated rings. The minimum absolute atomic E-state index is 0.0249. The van der Waals surface area contributed by atoms with Gasteiger partial charge in [0.15, 0.2) is 5.78 Å². The van der Waals surface area contributed by atoms with E-state index in [2.05, 4.69) is 29.8 Å². The zero-order valence-corrected chi connectivity index (χ0v) is 9.87. The number of rotatable bonds is 0. The van der Waals surface area contributed by atoms with Gasteiger partial charge in [0.05, 0.1) is 4.32 Å². The molecular formula is C10H15BrO. The van der Waals surface area contributed by atoms with E-state index in [1.807, 2.05) is 20.8 Å². The molecule has 1 atom stereocenters. The fourth-order valence-corrected chi connectivity index (χ4v) is 2.22. The fourth-order valence-electron chi connectivity index (χ4n) is 1.83. The molecule has 1 saturated carbocycles. The Morgan fingerprint density at radius 3 is 1.83 bits per heavy atom. The minimum atomic E-state index is -0.355. The Hall–Kier alpha value is -0.110. The van der Waals surface area contributed by atoms with Crippen molar-refractivity contribution < 1.29 is 4.79 Å². The zero-order valence-electron chi connectivity index (χ0n) is 8.29. The molecule has 2 heteroatoms. The third kappa shape index (κ3) is 0.936. The second-order valence-electron chi connectivity index (χ2n) is 4.33. The smallest absolute Gasteiger partial charge is 0.176 e. The van der Waals surface area contributed by atoms with E-state index < -0.39 is 0 Å². The lowest BCUT2D eigenvalue weighted by Gasteiger charge is -2.51. The second-order valence-corrected chi connectivity index (χ2v) is 5.92. The molecule has 68 valence electrons. The first kappa shape index (κ1) is 9.97. The van der Waals surface area contributed by atoms with E-state index in [9.17, 15) is 4.79 Å². The SMILES string of the molecule is CC(C)=C1C(=O)C(C)(Br)C1(C)C. The van der Waals surface area contributed by atoms with Crippen LogP contribution in [-0.2, 0) is 4.79 Å². The summed E-state index contributed by atoms with van der Waals surface area (Å²) >= 11 is 3.48. The highest BCUT2D eigenvalue weighted by atomic mass is 79.9. The van der Waals surface area contributed by atoms with E-state index in [1.165, 1.54) is 0 Å². The molecule has 0 aromatic heterocycles. The van der Waals surface area contributed by atoms with Crippen molar-refractivity contribution in [3.05, 3.63) is 11.1 Å². The summed E-state index contributed by atoms with van der Waals surface area (Å²) in [6.07, 6.45) is 0. The van der Waals surface area contributed by atoms with Crippen LogP contribution in [0.2, 0.25) is 0 Å². The van der Waals surface area contributed by atoms with Gasteiger partial charge in [-0.05, 0) is 20.8 Å². The van der Waals surface area contributed by atoms with E-state index in [-0.39, 0.29) is 15.5 Å². The van der Waals surface area contributed by atoms with Crippen LogP contribution >= 0.6 is 15.9 Å². The van der Waals surface area contributed by atoms with Crippen LogP contribution in [0.3, 0.4) is 0 Å². The lowest BCUT2D eigenvalue weighted by atomic mass is 9.57. The Morgan fingerprint density at radius 1 is 1.25 bits per heavy atom. The first-order valence-electron chi connectivity index (χ1n) is 4.14. The molecule has 1 aliphatic carbocycles. The summed E-state index contributed by atoms with van der Waals surface area (Å²) in [5.74, 6) is 0.243. The minimum Gasteiger partial charge on any atom is -0.293 e. The van der Waals surface area contributed by atoms with Gasteiger partial charge >= 0.3 is 0 Å². The van der Waals surface area contributed by atoms with Crippen LogP contribution in [0.15, 0.2) is 11.1 Å². The summed E-state index contributed by atoms with van der Waals surface area (Å²) in [4.78, 5) is 11.6. The van der Waals surface area contributed by atoms with Crippen molar-refractivity contribution in [3.63, 3.8) is 0 Å². The number of carbonyl (C=O) groups excluding carboxylic acids is 1. The summed E-state index contributed by atoms with van der Waals surface area (Å²) in [6.45, 7) is 10.1. The van der Waals surface area contributed by atoms with Crippen molar-refractivity contribution in [1.82, 2.24) is 0 Å². The highest BCUT2D eigenvalue weighted by Crippen LogP contribution is 2.56. The summed E-state index contributed by atoms with van der Waals surface area (Å²) < 4.78 is -0.355. The van der Waals surface area contributed by atoms with Crippen molar-refractivity contribution in [2.24, 2.45) is 5.41 Å². The monoisotopic (exact) mass is 230 g/mol. The lowest BCUT2D eigenvalue weighted by molar-refractivity contribution is -0.126. The molecule has 1 aliphatic rings. The van der Waals surface area contributed by atoms with Crippen LogP contribution in [0.1, 0.15) is 34.6 Å². The van der Waals surface area contributed by atoms with E-state index in [4.69, 9.17) is 0 Å². The molecule has 0 spiro atoms. The summed E-state index contributed by atoms with van der Waals surface area (Å²) in [5.41, 5.74) is 2.10. The normalized spacial score (nSPS) is 33.2. The standard InChI is InChI=1S/C10H15BrO/c1-6(2)7-8(12)10(5,11)9(7,3)4/h1-5H3. The predicted octanol–water partition coefficient (Wildman–Crippen LogP) is 3.09. The Balaban J connectivity index is 3.19. The topological polar surface area (TPSA) is 17.1 Å². The number of halogens is 1. The van der Waals surface area contributed by atoms with Gasteiger partial charge in [-0.3, -0.25) is 4.79 Å². The molecule has 1 unspecified atom stereocenters. The quantitative estimate of drug-likeness (QED) is 0.462. The van der Waals surface area contributed by atoms with Gasteiger partial charge in [-0.2, -0.15) is 0 Å². The lowest BCUT2D eigenvalue weighted by Crippen LogP contribution is -2.58. The van der Waals surface area contributed by atoms with Crippen LogP contribution in [0.4, 0.5) is 0 Å². The maximum Gasteiger partial charge on any atom is 0.176 e. The highest BCUT2D eigenvalue weighted by Gasteiger charge is 2.60. The summed E-state index contributed by atoms with van der Waals surface area (Å²) in [5, 5.41) is 0. The molecule has 0 heterocycles. The fraction of sp³-hybridized carbons (Fsp3) is 0.700. The predicted molar refractivity (Wildman–Crippen MR) is 54.5 cm³/mol. The van der Waals surface area contributed by atoms with E-state index >= 15 is 0 Å². The Labute approximate surface area is 82.4 Å². The van der Waals surface area contributed by atoms with Crippen LogP contribution in [0.25, 0.3) is 0 Å². The Kier molecular flexibility index (Phi) is 2.03. The van der Waals surface area contributed by atoms with Crippen LogP contribution in [-0.4, -0.2) is 10.1 Å². The molecule has 1 nitrogen and oxygen atoms in total. The van der Waals surface area contributed by atoms with Crippen molar-refractivity contribution in [2.75, 3.05) is 0 Å². The van der Waals surface area contributed by atoms with E-state index in [1.54, 1.807) is 0 Å². The van der Waals surface area contributed by atoms with Crippen molar-refractivity contribution in [2.45, 2.75) is 38.9 Å². The number of Topliss-reactive ketones (excluding diaryl/α,β-unsaturated/α-hetero) is 1. The number of ketones is 1. The summed E-state index contributed by atoms with van der Waals surface area (Å²) in [6, 6.07) is 0. The number of alkyl halides is 1. The number of hydrogen-bond donors (Lipinski definition) is 0. The first-order valence-corrected chi connectivity index (χ1v) is 4.94. The Bertz CT molecular complexity index is 268. The maximum absolute atomic E-state index is 11.6. The third-order valence-electron chi connectivity index (χ3n) is 2.95. The van der Waals surface area contributed by atoms with Crippen LogP contribution < -0.4 is 0 Å². The van der Waals surface area contributed by atoms with Gasteiger partial charge in [0.25, 0.3) is 0 Å². The van der Waals surface area contributed by atoms with Gasteiger partial charge in [-0.1, -0.05) is 35.4 Å². The number of allylic oxidation sites excluding steroid dienone is 2. The largest absolute Gasteiger partial charge is 0.293 e. The number of hydrogen-bond acceptors (Lipinski definition) is 1. The maximum atomic E-state index is 11.6. The molecule has 0 aromatic rings. The van der Waals surface area contributed by atoms with Crippen molar-refractivity contribution >= 4 is 21.7 Å². The van der Waals surface area contributed by atoms with Crippen LogP contribution in [0.5, 0.6) is 0 Å². The molecule has 0 aliphatic heterocycles. The van der Waals surface area contributed by atoms with Gasteiger partial charge in [0, 0.05) is 11.0 Å². The molecule has 0 aromatic carbocycles. The Morgan fingerprint density at radius 2 is 1.67 bits per heavy atom. The zero-order chi connectivity index (χ0) is 9.73. The van der Waals surface area contributed by atoms with E-state index in [0.717, 1.165) is 11.1 Å². The van der Waals surface area contributed by atoms with Gasteiger partial charge < -0.3 is 0 Å². The molecule has 0 radical (unpaired) electrons. The third-order valence-corrected chi connectivity index (χ3v) is 4.30. The van der Waals surface area contributed by atoms with Gasteiger partial charge in [0.2, 0.25) is 0 Å². The molecule has 0 bridgehead atoms. The van der Waals surface area contributed by atoms with Crippen LogP contribution in [0, 0.1) is 5.41 Å². The summed E-state index contributed by atoms with van der Waals surface area (Å²) in [7, 11) is 0. The average Bonchev–Trinajstić information content (AvgIpc) is 1.85. The van der Waals surface area contributed by atoms with Crippen molar-refractivity contribution in [1.29, 1.82) is 0 Å². The molecule has 12 heavy (non-hydrogen) atoms. The van der Waals surface area contributed by atoms with Crippen molar-refractivity contribution in [3.8, 4) is 0 Å². The average molecular weight is 231 g/mol. The van der Waals surface area contributed by atoms with E-state index in [0.29, 0.717) is 0 Å². The molecule has 0 amide bonds. The molecule has 0 N–H and O–H groups in total. The first-order chi connectivity index (χ1) is 5.23. The van der Waals surface area contributed by atoms with Gasteiger partial charge in [-0.25, -0.2) is 0 Å². The second kappa shape index (κ2) is 2.44. The molecule has 1 rings (SSSR count). The molecular weight excluding hydrogens is 216 g/mol. The van der Waals surface area contributed by atoms with Gasteiger partial charge in [-0.15, -0.1) is 0 Å².